The number of hydrogen-bond acceptors (Lipinski definition) is 4. The second kappa shape index (κ2) is 7.85. The molecule has 18 heavy (non-hydrogen) atoms. The van der Waals surface area contributed by atoms with Gasteiger partial charge in [-0.2, -0.15) is 0 Å². The molecule has 0 aromatic carbocycles. The van der Waals surface area contributed by atoms with E-state index in [-0.39, 0.29) is 0 Å². The molecule has 0 bridgehead atoms. The molecule has 1 fully saturated rings. The number of thioether (sulfide) groups is 1. The van der Waals surface area contributed by atoms with E-state index < -0.39 is 0 Å². The van der Waals surface area contributed by atoms with Gasteiger partial charge in [0, 0.05) is 11.3 Å². The summed E-state index contributed by atoms with van der Waals surface area (Å²) in [4.78, 5) is 4.25. The minimum atomic E-state index is 0.607. The van der Waals surface area contributed by atoms with Gasteiger partial charge in [-0.05, 0) is 25.8 Å². The van der Waals surface area contributed by atoms with E-state index in [9.17, 15) is 0 Å². The second-order valence-corrected chi connectivity index (χ2v) is 6.20. The highest BCUT2D eigenvalue weighted by molar-refractivity contribution is 7.99. The summed E-state index contributed by atoms with van der Waals surface area (Å²) in [6, 6.07) is 0.613. The highest BCUT2D eigenvalue weighted by Gasteiger charge is 2.24. The predicted molar refractivity (Wildman–Crippen MR) is 75.9 cm³/mol. The Bertz CT molecular complexity index is 314. The van der Waals surface area contributed by atoms with Crippen LogP contribution in [0.1, 0.15) is 51.9 Å². The summed E-state index contributed by atoms with van der Waals surface area (Å²) in [5.74, 6) is 0. The van der Waals surface area contributed by atoms with Crippen LogP contribution in [-0.2, 0) is 0 Å². The monoisotopic (exact) mass is 268 g/mol. The molecule has 1 saturated carbocycles. The van der Waals surface area contributed by atoms with Gasteiger partial charge in [-0.15, -0.1) is 0 Å². The lowest BCUT2D eigenvalue weighted by Gasteiger charge is -2.28. The normalized spacial score (nSPS) is 25.6. The number of hydrogen-bond donors (Lipinski definition) is 1. The van der Waals surface area contributed by atoms with E-state index >= 15 is 0 Å². The number of nitrogens with one attached hydrogen (secondary N) is 1. The van der Waals surface area contributed by atoms with Crippen LogP contribution in [-0.4, -0.2) is 22.8 Å². The van der Waals surface area contributed by atoms with Crippen molar-refractivity contribution < 1.29 is 4.42 Å². The Balaban J connectivity index is 1.94. The van der Waals surface area contributed by atoms with Crippen molar-refractivity contribution in [2.24, 2.45) is 0 Å². The van der Waals surface area contributed by atoms with Crippen molar-refractivity contribution in [1.29, 1.82) is 0 Å². The van der Waals surface area contributed by atoms with Gasteiger partial charge in [-0.3, -0.25) is 0 Å². The molecule has 102 valence electrons. The van der Waals surface area contributed by atoms with Gasteiger partial charge in [0.05, 0.1) is 6.20 Å². The molecule has 4 heteroatoms. The lowest BCUT2D eigenvalue weighted by Crippen LogP contribution is -2.39. The van der Waals surface area contributed by atoms with E-state index in [0.717, 1.165) is 11.8 Å². The van der Waals surface area contributed by atoms with Gasteiger partial charge in [0.2, 0.25) is 0 Å². The first-order valence-electron chi connectivity index (χ1n) is 7.19. The largest absolute Gasteiger partial charge is 0.440 e. The molecular weight excluding hydrogens is 244 g/mol. The molecule has 2 atom stereocenters. The Labute approximate surface area is 114 Å². The fraction of sp³-hybridized carbons (Fsp3) is 0.786. The Morgan fingerprint density at radius 2 is 2.17 bits per heavy atom. The molecule has 0 aliphatic heterocycles. The summed E-state index contributed by atoms with van der Waals surface area (Å²) in [7, 11) is 0. The zero-order chi connectivity index (χ0) is 12.6. The first kappa shape index (κ1) is 13.9. The summed E-state index contributed by atoms with van der Waals surface area (Å²) in [5, 5.41) is 5.14. The average molecular weight is 268 g/mol. The third-order valence-electron chi connectivity index (χ3n) is 3.52. The van der Waals surface area contributed by atoms with Crippen molar-refractivity contribution in [2.75, 3.05) is 6.54 Å². The van der Waals surface area contributed by atoms with Gasteiger partial charge in [0.1, 0.15) is 6.26 Å². The molecule has 0 spiro atoms. The van der Waals surface area contributed by atoms with Crippen LogP contribution in [0.3, 0.4) is 0 Å². The summed E-state index contributed by atoms with van der Waals surface area (Å²) >= 11 is 1.81. The standard InChI is InChI=1S/C14H24N2OS/c1-2-9-15-12-7-5-3-4-6-8-13(12)18-14-16-10-11-17-14/h10-13,15H,2-9H2,1H3. The van der Waals surface area contributed by atoms with Crippen LogP contribution in [0.15, 0.2) is 22.1 Å². The van der Waals surface area contributed by atoms with Crippen LogP contribution in [0.5, 0.6) is 0 Å². The molecule has 3 nitrogen and oxygen atoms in total. The van der Waals surface area contributed by atoms with Crippen molar-refractivity contribution in [1.82, 2.24) is 10.3 Å². The number of oxazole rings is 1. The van der Waals surface area contributed by atoms with Crippen molar-refractivity contribution in [3.63, 3.8) is 0 Å². The van der Waals surface area contributed by atoms with Crippen LogP contribution in [0.4, 0.5) is 0 Å². The van der Waals surface area contributed by atoms with E-state index in [1.165, 1.54) is 44.9 Å². The van der Waals surface area contributed by atoms with Gasteiger partial charge in [0.15, 0.2) is 0 Å². The van der Waals surface area contributed by atoms with Crippen molar-refractivity contribution in [2.45, 2.75) is 68.4 Å². The molecule has 0 radical (unpaired) electrons. The smallest absolute Gasteiger partial charge is 0.255 e. The molecule has 2 unspecified atom stereocenters. The van der Waals surface area contributed by atoms with Crippen molar-refractivity contribution in [3.05, 3.63) is 12.5 Å². The predicted octanol–water partition coefficient (Wildman–Crippen LogP) is 3.86. The fourth-order valence-corrected chi connectivity index (χ4v) is 3.73. The first-order valence-corrected chi connectivity index (χ1v) is 8.07. The van der Waals surface area contributed by atoms with Crippen LogP contribution >= 0.6 is 11.8 Å². The SMILES string of the molecule is CCCNC1CCCCCCC1Sc1ncco1. The zero-order valence-corrected chi connectivity index (χ0v) is 12.0. The van der Waals surface area contributed by atoms with Gasteiger partial charge in [0.25, 0.3) is 5.22 Å². The lowest BCUT2D eigenvalue weighted by atomic mass is 9.96. The Kier molecular flexibility index (Phi) is 6.08. The maximum atomic E-state index is 5.39. The summed E-state index contributed by atoms with van der Waals surface area (Å²) in [5.41, 5.74) is 0. The quantitative estimate of drug-likeness (QED) is 0.880. The molecule has 0 saturated heterocycles. The minimum absolute atomic E-state index is 0.607. The third-order valence-corrected chi connectivity index (χ3v) is 4.79. The van der Waals surface area contributed by atoms with E-state index in [2.05, 4.69) is 17.2 Å². The maximum Gasteiger partial charge on any atom is 0.255 e. The zero-order valence-electron chi connectivity index (χ0n) is 11.2. The molecule has 0 amide bonds. The van der Waals surface area contributed by atoms with E-state index in [1.807, 2.05) is 11.8 Å². The van der Waals surface area contributed by atoms with Crippen LogP contribution in [0, 0.1) is 0 Å². The van der Waals surface area contributed by atoms with Gasteiger partial charge in [-0.1, -0.05) is 44.4 Å². The topological polar surface area (TPSA) is 38.1 Å². The molecule has 1 N–H and O–H groups in total. The Hall–Kier alpha value is -0.480. The summed E-state index contributed by atoms with van der Waals surface area (Å²) in [6.07, 6.45) is 12.6. The van der Waals surface area contributed by atoms with Gasteiger partial charge >= 0.3 is 0 Å². The number of aromatic nitrogens is 1. The van der Waals surface area contributed by atoms with Crippen molar-refractivity contribution >= 4 is 11.8 Å². The van der Waals surface area contributed by atoms with Crippen molar-refractivity contribution in [3.8, 4) is 0 Å². The fourth-order valence-electron chi connectivity index (χ4n) is 2.55. The van der Waals surface area contributed by atoms with Crippen LogP contribution in [0.25, 0.3) is 0 Å². The first-order chi connectivity index (χ1) is 8.90. The molecule has 2 rings (SSSR count). The van der Waals surface area contributed by atoms with Gasteiger partial charge in [-0.25, -0.2) is 4.98 Å². The van der Waals surface area contributed by atoms with E-state index in [4.69, 9.17) is 4.42 Å². The van der Waals surface area contributed by atoms with Crippen LogP contribution in [0.2, 0.25) is 0 Å². The Morgan fingerprint density at radius 1 is 1.33 bits per heavy atom. The van der Waals surface area contributed by atoms with E-state index in [1.54, 1.807) is 12.5 Å². The molecule has 1 heterocycles. The summed E-state index contributed by atoms with van der Waals surface area (Å²) < 4.78 is 5.39. The molecule has 1 aromatic heterocycles. The van der Waals surface area contributed by atoms with Crippen LogP contribution < -0.4 is 5.32 Å². The molecule has 1 aliphatic carbocycles. The number of rotatable bonds is 5. The summed E-state index contributed by atoms with van der Waals surface area (Å²) in [6.45, 7) is 3.35. The second-order valence-electron chi connectivity index (χ2n) is 5.01. The third kappa shape index (κ3) is 4.32. The Morgan fingerprint density at radius 3 is 2.89 bits per heavy atom. The average Bonchev–Trinajstić information content (AvgIpc) is 2.85. The minimum Gasteiger partial charge on any atom is -0.440 e. The van der Waals surface area contributed by atoms with E-state index in [0.29, 0.717) is 11.3 Å². The number of nitrogens with zero attached hydrogens (tertiary/aromatic N) is 1. The maximum absolute atomic E-state index is 5.39. The van der Waals surface area contributed by atoms with Gasteiger partial charge < -0.3 is 9.73 Å². The molecule has 1 aliphatic rings. The molecule has 1 aromatic rings. The molecular formula is C14H24N2OS. The highest BCUT2D eigenvalue weighted by atomic mass is 32.2. The highest BCUT2D eigenvalue weighted by Crippen LogP contribution is 2.31. The lowest BCUT2D eigenvalue weighted by molar-refractivity contribution is 0.394.